The predicted octanol–water partition coefficient (Wildman–Crippen LogP) is 3.64. The van der Waals surface area contributed by atoms with E-state index in [9.17, 15) is 4.79 Å². The molecule has 0 unspecified atom stereocenters. The summed E-state index contributed by atoms with van der Waals surface area (Å²) in [6.45, 7) is 0. The zero-order valence-electron chi connectivity index (χ0n) is 6.93. The van der Waals surface area contributed by atoms with Crippen LogP contribution in [-0.4, -0.2) is 10.1 Å². The van der Waals surface area contributed by atoms with Crippen LogP contribution in [0.15, 0.2) is 30.3 Å². The number of hydrogen-bond acceptors (Lipinski definition) is 1. The monoisotopic (exact) mass is 246 g/mol. The average Bonchev–Trinajstić information content (AvgIpc) is 2.14. The number of Topliss-reactive ketones (excluding diaryl/α,β-unsaturated/α-hetero) is 1. The molecule has 0 fully saturated rings. The molecule has 1 aliphatic carbocycles. The van der Waals surface area contributed by atoms with E-state index in [1.54, 1.807) is 24.3 Å². The molecule has 1 aromatic carbocycles. The van der Waals surface area contributed by atoms with Crippen LogP contribution >= 0.6 is 34.8 Å². The molecule has 0 heterocycles. The van der Waals surface area contributed by atoms with Crippen LogP contribution in [0.2, 0.25) is 0 Å². The molecule has 0 aliphatic heterocycles. The summed E-state index contributed by atoms with van der Waals surface area (Å²) in [6, 6.07) is 6.97. The minimum atomic E-state index is -1.54. The molecular weight excluding hydrogens is 242 g/mol. The maximum Gasteiger partial charge on any atom is 0.203 e. The Labute approximate surface area is 96.3 Å². The number of fused-ring (bicyclic) bond motifs is 1. The van der Waals surface area contributed by atoms with Gasteiger partial charge >= 0.3 is 0 Å². The quantitative estimate of drug-likeness (QED) is 0.640. The third-order valence-corrected chi connectivity index (χ3v) is 2.91. The number of rotatable bonds is 0. The normalized spacial score (nSPS) is 18.8. The highest BCUT2D eigenvalue weighted by Crippen LogP contribution is 2.39. The van der Waals surface area contributed by atoms with Crippen molar-refractivity contribution >= 4 is 45.6 Å². The van der Waals surface area contributed by atoms with Crippen molar-refractivity contribution in [3.63, 3.8) is 0 Å². The number of carbonyl (C=O) groups is 1. The first kappa shape index (κ1) is 10.0. The van der Waals surface area contributed by atoms with Gasteiger partial charge in [-0.25, -0.2) is 0 Å². The molecule has 4 heteroatoms. The molecule has 0 atom stereocenters. The van der Waals surface area contributed by atoms with Crippen molar-refractivity contribution in [3.05, 3.63) is 41.5 Å². The van der Waals surface area contributed by atoms with Gasteiger partial charge in [-0.1, -0.05) is 59.1 Å². The second kappa shape index (κ2) is 3.27. The minimum absolute atomic E-state index is 0.333. The van der Waals surface area contributed by atoms with Gasteiger partial charge in [-0.05, 0) is 6.08 Å². The van der Waals surface area contributed by atoms with Crippen molar-refractivity contribution in [1.82, 2.24) is 0 Å². The van der Waals surface area contributed by atoms with Crippen LogP contribution in [-0.2, 0) is 0 Å². The van der Waals surface area contributed by atoms with Gasteiger partial charge in [0, 0.05) is 16.2 Å². The summed E-state index contributed by atoms with van der Waals surface area (Å²) < 4.78 is -1.54. The lowest BCUT2D eigenvalue weighted by Gasteiger charge is -2.21. The van der Waals surface area contributed by atoms with Crippen LogP contribution in [0.25, 0.3) is 5.03 Å². The maximum absolute atomic E-state index is 11.7. The van der Waals surface area contributed by atoms with E-state index in [1.165, 1.54) is 6.08 Å². The summed E-state index contributed by atoms with van der Waals surface area (Å²) in [5.41, 5.74) is 1.14. The van der Waals surface area contributed by atoms with E-state index >= 15 is 0 Å². The van der Waals surface area contributed by atoms with Crippen molar-refractivity contribution in [3.8, 4) is 0 Å². The van der Waals surface area contributed by atoms with Crippen LogP contribution < -0.4 is 0 Å². The van der Waals surface area contributed by atoms with Gasteiger partial charge in [0.2, 0.25) is 5.78 Å². The fourth-order valence-corrected chi connectivity index (χ4v) is 2.23. The summed E-state index contributed by atoms with van der Waals surface area (Å²) in [7, 11) is 0. The van der Waals surface area contributed by atoms with Crippen molar-refractivity contribution in [2.75, 3.05) is 0 Å². The first-order valence-electron chi connectivity index (χ1n) is 3.93. The fourth-order valence-electron chi connectivity index (χ4n) is 1.37. The molecule has 2 rings (SSSR count). The van der Waals surface area contributed by atoms with E-state index in [4.69, 9.17) is 34.8 Å². The molecule has 0 spiro atoms. The molecule has 1 aromatic rings. The lowest BCUT2D eigenvalue weighted by molar-refractivity contribution is 0.0985. The van der Waals surface area contributed by atoms with Gasteiger partial charge in [0.1, 0.15) is 0 Å². The highest BCUT2D eigenvalue weighted by molar-refractivity contribution is 6.64. The molecule has 0 radical (unpaired) electrons. The van der Waals surface area contributed by atoms with Gasteiger partial charge in [-0.15, -0.1) is 0 Å². The number of hydrogen-bond donors (Lipinski definition) is 0. The molecule has 1 nitrogen and oxygen atoms in total. The number of allylic oxidation sites excluding steroid dienone is 1. The highest BCUT2D eigenvalue weighted by Gasteiger charge is 2.37. The number of alkyl halides is 2. The van der Waals surface area contributed by atoms with Crippen LogP contribution in [0.3, 0.4) is 0 Å². The molecular formula is C10H5Cl3O. The zero-order valence-corrected chi connectivity index (χ0v) is 9.20. The van der Waals surface area contributed by atoms with Gasteiger partial charge < -0.3 is 0 Å². The van der Waals surface area contributed by atoms with Gasteiger partial charge in [0.25, 0.3) is 0 Å². The molecule has 0 bridgehead atoms. The molecule has 0 amide bonds. The second-order valence-corrected chi connectivity index (χ2v) is 4.78. The summed E-state index contributed by atoms with van der Waals surface area (Å²) >= 11 is 17.5. The average molecular weight is 248 g/mol. The van der Waals surface area contributed by atoms with Gasteiger partial charge in [-0.2, -0.15) is 0 Å². The van der Waals surface area contributed by atoms with Gasteiger partial charge in [-0.3, -0.25) is 4.79 Å². The fraction of sp³-hybridized carbons (Fsp3) is 0.100. The third-order valence-electron chi connectivity index (χ3n) is 2.04. The minimum Gasteiger partial charge on any atom is -0.290 e. The highest BCUT2D eigenvalue weighted by atomic mass is 35.5. The molecule has 1 aliphatic rings. The van der Waals surface area contributed by atoms with Gasteiger partial charge in [0.05, 0.1) is 0 Å². The first-order valence-corrected chi connectivity index (χ1v) is 5.06. The SMILES string of the molecule is O=C1c2ccccc2C(Cl)=CC1(Cl)Cl. The van der Waals surface area contributed by atoms with E-state index in [1.807, 2.05) is 0 Å². The van der Waals surface area contributed by atoms with E-state index in [0.717, 1.165) is 0 Å². The zero-order chi connectivity index (χ0) is 10.3. The van der Waals surface area contributed by atoms with E-state index in [2.05, 4.69) is 0 Å². The van der Waals surface area contributed by atoms with E-state index in [-0.39, 0.29) is 5.78 Å². The standard InChI is InChI=1S/C10H5Cl3O/c11-8-5-10(12,13)9(14)7-4-2-1-3-6(7)8/h1-5H. The van der Waals surface area contributed by atoms with Crippen molar-refractivity contribution < 1.29 is 4.79 Å². The Balaban J connectivity index is 2.69. The van der Waals surface area contributed by atoms with Crippen LogP contribution in [0.5, 0.6) is 0 Å². The maximum atomic E-state index is 11.7. The molecule has 0 aromatic heterocycles. The second-order valence-electron chi connectivity index (χ2n) is 2.99. The van der Waals surface area contributed by atoms with Crippen molar-refractivity contribution in [2.24, 2.45) is 0 Å². The molecule has 0 saturated heterocycles. The molecule has 0 N–H and O–H groups in total. The van der Waals surface area contributed by atoms with Crippen molar-refractivity contribution in [1.29, 1.82) is 0 Å². The predicted molar refractivity (Wildman–Crippen MR) is 59.0 cm³/mol. The Morgan fingerprint density at radius 1 is 1.07 bits per heavy atom. The number of benzene rings is 1. The number of carbonyl (C=O) groups excluding carboxylic acids is 1. The Kier molecular flexibility index (Phi) is 2.34. The van der Waals surface area contributed by atoms with E-state index in [0.29, 0.717) is 16.2 Å². The lowest BCUT2D eigenvalue weighted by atomic mass is 9.95. The Morgan fingerprint density at radius 3 is 2.29 bits per heavy atom. The summed E-state index contributed by atoms with van der Waals surface area (Å²) in [5.74, 6) is -0.333. The Hall–Kier alpha value is -0.500. The van der Waals surface area contributed by atoms with Gasteiger partial charge in [0.15, 0.2) is 4.33 Å². The number of halogens is 3. The van der Waals surface area contributed by atoms with E-state index < -0.39 is 4.33 Å². The lowest BCUT2D eigenvalue weighted by Crippen LogP contribution is -2.27. The molecule has 0 saturated carbocycles. The smallest absolute Gasteiger partial charge is 0.203 e. The first-order chi connectivity index (χ1) is 6.52. The van der Waals surface area contributed by atoms with Crippen molar-refractivity contribution in [2.45, 2.75) is 4.33 Å². The summed E-state index contributed by atoms with van der Waals surface area (Å²) in [4.78, 5) is 11.7. The Bertz CT molecular complexity index is 435. The summed E-state index contributed by atoms with van der Waals surface area (Å²) in [6.07, 6.45) is 1.35. The topological polar surface area (TPSA) is 17.1 Å². The van der Waals surface area contributed by atoms with Crippen LogP contribution in [0, 0.1) is 0 Å². The van der Waals surface area contributed by atoms with Crippen LogP contribution in [0.1, 0.15) is 15.9 Å². The largest absolute Gasteiger partial charge is 0.290 e. The van der Waals surface area contributed by atoms with Crippen LogP contribution in [0.4, 0.5) is 0 Å². The molecule has 14 heavy (non-hydrogen) atoms. The third kappa shape index (κ3) is 1.46. The molecule has 72 valence electrons. The summed E-state index contributed by atoms with van der Waals surface area (Å²) in [5, 5.41) is 0.408. The Morgan fingerprint density at radius 2 is 1.64 bits per heavy atom. The number of ketones is 1.